The van der Waals surface area contributed by atoms with E-state index in [1.807, 2.05) is 66.7 Å². The molecule has 4 nitrogen and oxygen atoms in total. The fourth-order valence-corrected chi connectivity index (χ4v) is 3.64. The van der Waals surface area contributed by atoms with Crippen LogP contribution in [0.15, 0.2) is 89.4 Å². The molecule has 4 aromatic rings. The van der Waals surface area contributed by atoms with E-state index < -0.39 is 6.04 Å². The van der Waals surface area contributed by atoms with Gasteiger partial charge in [-0.2, -0.15) is 4.98 Å². The lowest BCUT2D eigenvalue weighted by Gasteiger charge is -2.12. The highest BCUT2D eigenvalue weighted by molar-refractivity contribution is 5.97. The lowest BCUT2D eigenvalue weighted by atomic mass is 9.94. The lowest BCUT2D eigenvalue weighted by molar-refractivity contribution is -0.118. The van der Waals surface area contributed by atoms with Gasteiger partial charge in [0.05, 0.1) is 0 Å². The van der Waals surface area contributed by atoms with Crippen LogP contribution in [0, 0.1) is 0 Å². The Morgan fingerprint density at radius 2 is 1.64 bits per heavy atom. The third-order valence-corrected chi connectivity index (χ3v) is 5.01. The molecule has 0 amide bonds. The molecule has 1 N–H and O–H groups in total. The Bertz CT molecular complexity index is 1160. The van der Waals surface area contributed by atoms with E-state index in [1.54, 1.807) is 0 Å². The molecule has 4 heteroatoms. The van der Waals surface area contributed by atoms with Crippen molar-refractivity contribution >= 4 is 28.5 Å². The van der Waals surface area contributed by atoms with Gasteiger partial charge in [0, 0.05) is 6.42 Å². The number of oxazole rings is 1. The molecule has 1 heterocycles. The Balaban J connectivity index is 1.58. The molecular weight excluding hydrogens is 348 g/mol. The molecular formula is C24H18N2O2. The molecule has 1 aromatic heterocycles. The highest BCUT2D eigenvalue weighted by Gasteiger charge is 2.25. The number of Topliss-reactive ketones (excluding diaryl/α,β-unsaturated/α-hetero) is 1. The van der Waals surface area contributed by atoms with Gasteiger partial charge < -0.3 is 9.73 Å². The van der Waals surface area contributed by atoms with Crippen molar-refractivity contribution in [1.29, 1.82) is 0 Å². The summed E-state index contributed by atoms with van der Waals surface area (Å²) in [6.45, 7) is 0. The molecule has 136 valence electrons. The van der Waals surface area contributed by atoms with Gasteiger partial charge in [0.2, 0.25) is 0 Å². The molecule has 0 fully saturated rings. The number of rotatable bonds is 3. The number of fused-ring (bicyclic) bond motifs is 2. The molecule has 0 saturated carbocycles. The Kier molecular flexibility index (Phi) is 4.02. The Hall–Kier alpha value is -3.66. The smallest absolute Gasteiger partial charge is 0.296 e. The van der Waals surface area contributed by atoms with Gasteiger partial charge in [-0.15, -0.1) is 0 Å². The molecule has 3 aromatic carbocycles. The number of carbonyl (C=O) groups excluding carboxylic acids is 1. The summed E-state index contributed by atoms with van der Waals surface area (Å²) < 4.78 is 5.77. The molecule has 0 unspecified atom stereocenters. The number of carbonyl (C=O) groups is 1. The van der Waals surface area contributed by atoms with Crippen molar-refractivity contribution < 1.29 is 9.21 Å². The van der Waals surface area contributed by atoms with E-state index in [0.717, 1.165) is 27.8 Å². The lowest BCUT2D eigenvalue weighted by Crippen LogP contribution is -2.28. The number of benzene rings is 3. The minimum absolute atomic E-state index is 0.0839. The van der Waals surface area contributed by atoms with Gasteiger partial charge in [0.15, 0.2) is 11.4 Å². The van der Waals surface area contributed by atoms with E-state index >= 15 is 0 Å². The van der Waals surface area contributed by atoms with Crippen molar-refractivity contribution in [3.05, 3.63) is 102 Å². The molecule has 5 rings (SSSR count). The van der Waals surface area contributed by atoms with E-state index in [4.69, 9.17) is 4.42 Å². The average molecular weight is 366 g/mol. The summed E-state index contributed by atoms with van der Waals surface area (Å²) in [6.07, 6.45) is 2.35. The van der Waals surface area contributed by atoms with Gasteiger partial charge in [0.1, 0.15) is 11.6 Å². The van der Waals surface area contributed by atoms with Crippen molar-refractivity contribution in [2.75, 3.05) is 5.32 Å². The number of nitrogens with zero attached hydrogens (tertiary/aromatic N) is 1. The number of ketones is 1. The average Bonchev–Trinajstić information content (AvgIpc) is 3.08. The molecule has 0 spiro atoms. The van der Waals surface area contributed by atoms with Gasteiger partial charge in [-0.05, 0) is 40.5 Å². The van der Waals surface area contributed by atoms with Crippen molar-refractivity contribution in [2.24, 2.45) is 0 Å². The molecule has 0 bridgehead atoms. The summed E-state index contributed by atoms with van der Waals surface area (Å²) in [4.78, 5) is 17.5. The van der Waals surface area contributed by atoms with Crippen LogP contribution in [0.4, 0.5) is 6.01 Å². The van der Waals surface area contributed by atoms with Gasteiger partial charge in [-0.25, -0.2) is 0 Å². The van der Waals surface area contributed by atoms with Crippen LogP contribution in [0.25, 0.3) is 16.7 Å². The van der Waals surface area contributed by atoms with Crippen LogP contribution in [-0.2, 0) is 11.2 Å². The standard InChI is InChI=1S/C24H18N2O2/c27-22-14-17-10-4-5-11-18(17)19(16-8-2-1-3-9-16)15-21(22)26-24-25-20-12-6-7-13-23(20)28-24/h1-13,15,21H,14H2,(H,25,26)/t21-/m0/s1. The Morgan fingerprint density at radius 3 is 2.50 bits per heavy atom. The SMILES string of the molecule is O=C1Cc2ccccc2C(c2ccccc2)=C[C@@H]1Nc1nc2ccccc2o1. The van der Waals surface area contributed by atoms with E-state index in [2.05, 4.69) is 28.5 Å². The summed E-state index contributed by atoms with van der Waals surface area (Å²) in [5.41, 5.74) is 5.70. The molecule has 0 radical (unpaired) electrons. The van der Waals surface area contributed by atoms with E-state index in [1.165, 1.54) is 0 Å². The van der Waals surface area contributed by atoms with Crippen molar-refractivity contribution in [1.82, 2.24) is 4.98 Å². The monoisotopic (exact) mass is 366 g/mol. The summed E-state index contributed by atoms with van der Waals surface area (Å²) in [6, 6.07) is 25.6. The van der Waals surface area contributed by atoms with E-state index in [0.29, 0.717) is 18.0 Å². The van der Waals surface area contributed by atoms with Crippen molar-refractivity contribution in [3.63, 3.8) is 0 Å². The summed E-state index contributed by atoms with van der Waals surface area (Å²) in [7, 11) is 0. The largest absolute Gasteiger partial charge is 0.424 e. The maximum Gasteiger partial charge on any atom is 0.296 e. The zero-order valence-electron chi connectivity index (χ0n) is 15.1. The molecule has 1 aliphatic carbocycles. The van der Waals surface area contributed by atoms with Gasteiger partial charge in [-0.1, -0.05) is 66.7 Å². The van der Waals surface area contributed by atoms with Crippen LogP contribution in [0.5, 0.6) is 0 Å². The van der Waals surface area contributed by atoms with Crippen LogP contribution in [0.3, 0.4) is 0 Å². The molecule has 28 heavy (non-hydrogen) atoms. The van der Waals surface area contributed by atoms with Crippen LogP contribution in [-0.4, -0.2) is 16.8 Å². The topological polar surface area (TPSA) is 55.1 Å². The predicted molar refractivity (Wildman–Crippen MR) is 110 cm³/mol. The molecule has 0 aliphatic heterocycles. The zero-order chi connectivity index (χ0) is 18.9. The second-order valence-corrected chi connectivity index (χ2v) is 6.86. The predicted octanol–water partition coefficient (Wildman–Crippen LogP) is 4.87. The summed E-state index contributed by atoms with van der Waals surface area (Å²) in [5, 5.41) is 3.19. The Labute approximate surface area is 162 Å². The Morgan fingerprint density at radius 1 is 0.893 bits per heavy atom. The number of hydrogen-bond donors (Lipinski definition) is 1. The zero-order valence-corrected chi connectivity index (χ0v) is 15.1. The fourth-order valence-electron chi connectivity index (χ4n) is 3.64. The molecule has 1 atom stereocenters. The van der Waals surface area contributed by atoms with Gasteiger partial charge >= 0.3 is 0 Å². The number of hydrogen-bond acceptors (Lipinski definition) is 4. The number of para-hydroxylation sites is 2. The second-order valence-electron chi connectivity index (χ2n) is 6.86. The fraction of sp³-hybridized carbons (Fsp3) is 0.0833. The minimum Gasteiger partial charge on any atom is -0.424 e. The van der Waals surface area contributed by atoms with Crippen LogP contribution < -0.4 is 5.32 Å². The first-order valence-corrected chi connectivity index (χ1v) is 9.28. The maximum absolute atomic E-state index is 13.0. The third kappa shape index (κ3) is 2.99. The number of aromatic nitrogens is 1. The number of nitrogens with one attached hydrogen (secondary N) is 1. The first-order valence-electron chi connectivity index (χ1n) is 9.28. The van der Waals surface area contributed by atoms with Crippen molar-refractivity contribution in [3.8, 4) is 0 Å². The van der Waals surface area contributed by atoms with Gasteiger partial charge in [0.25, 0.3) is 6.01 Å². The normalized spacial score (nSPS) is 16.4. The van der Waals surface area contributed by atoms with Crippen molar-refractivity contribution in [2.45, 2.75) is 12.5 Å². The highest BCUT2D eigenvalue weighted by atomic mass is 16.4. The quantitative estimate of drug-likeness (QED) is 0.562. The highest BCUT2D eigenvalue weighted by Crippen LogP contribution is 2.31. The van der Waals surface area contributed by atoms with Crippen LogP contribution in [0.2, 0.25) is 0 Å². The molecule has 1 aliphatic rings. The first-order chi connectivity index (χ1) is 13.8. The van der Waals surface area contributed by atoms with E-state index in [9.17, 15) is 4.79 Å². The molecule has 0 saturated heterocycles. The van der Waals surface area contributed by atoms with E-state index in [-0.39, 0.29) is 5.78 Å². The summed E-state index contributed by atoms with van der Waals surface area (Å²) in [5.74, 6) is 0.0839. The second kappa shape index (κ2) is 6.82. The van der Waals surface area contributed by atoms with Gasteiger partial charge in [-0.3, -0.25) is 4.79 Å². The third-order valence-electron chi connectivity index (χ3n) is 5.01. The first kappa shape index (κ1) is 16.5. The van der Waals surface area contributed by atoms with Crippen LogP contribution in [0.1, 0.15) is 16.7 Å². The number of anilines is 1. The van der Waals surface area contributed by atoms with Crippen LogP contribution >= 0.6 is 0 Å². The summed E-state index contributed by atoms with van der Waals surface area (Å²) >= 11 is 0. The maximum atomic E-state index is 13.0. The minimum atomic E-state index is -0.518.